The molecule has 0 atom stereocenters. The van der Waals surface area contributed by atoms with Gasteiger partial charge in [0.15, 0.2) is 0 Å². The number of thiazole rings is 1. The van der Waals surface area contributed by atoms with Crippen LogP contribution in [0.15, 0.2) is 35.4 Å². The molecule has 1 amide bonds. The van der Waals surface area contributed by atoms with E-state index in [-0.39, 0.29) is 5.91 Å². The van der Waals surface area contributed by atoms with E-state index in [0.29, 0.717) is 25.6 Å². The number of anilines is 1. The summed E-state index contributed by atoms with van der Waals surface area (Å²) in [5.41, 5.74) is -0.0521. The third-order valence-corrected chi connectivity index (χ3v) is 4.07. The fourth-order valence-corrected chi connectivity index (χ4v) is 2.77. The zero-order valence-electron chi connectivity index (χ0n) is 10.2. The third kappa shape index (κ3) is 2.90. The van der Waals surface area contributed by atoms with Crippen molar-refractivity contribution < 1.29 is 4.79 Å². The second-order valence-corrected chi connectivity index (χ2v) is 5.85. The van der Waals surface area contributed by atoms with E-state index in [4.69, 9.17) is 23.2 Å². The highest BCUT2D eigenvalue weighted by Gasteiger charge is 2.13. The minimum absolute atomic E-state index is 0.338. The number of fused-ring (bicyclic) bond motifs is 1. The third-order valence-electron chi connectivity index (χ3n) is 2.54. The second-order valence-electron chi connectivity index (χ2n) is 4.00. The molecule has 106 valence electrons. The molecule has 0 saturated heterocycles. The van der Waals surface area contributed by atoms with Crippen LogP contribution in [-0.4, -0.2) is 20.5 Å². The topological polar surface area (TPSA) is 76.4 Å². The van der Waals surface area contributed by atoms with Crippen molar-refractivity contribution in [1.82, 2.24) is 14.6 Å². The zero-order chi connectivity index (χ0) is 15.0. The maximum atomic E-state index is 12.2. The van der Waals surface area contributed by atoms with Crippen LogP contribution in [-0.2, 0) is 0 Å². The van der Waals surface area contributed by atoms with Gasteiger partial charge in [-0.25, -0.2) is 4.52 Å². The summed E-state index contributed by atoms with van der Waals surface area (Å²) in [6.07, 6.45) is 2.56. The maximum Gasteiger partial charge on any atom is 0.292 e. The number of hydrogen-bond donors (Lipinski definition) is 1. The number of nitrogens with one attached hydrogen (secondary N) is 1. The number of hydrogen-bond acceptors (Lipinski definition) is 5. The van der Waals surface area contributed by atoms with Crippen molar-refractivity contribution in [2.75, 3.05) is 5.32 Å². The number of carbonyl (C=O) groups excluding carboxylic acids is 1. The Morgan fingerprint density at radius 2 is 2.14 bits per heavy atom. The quantitative estimate of drug-likeness (QED) is 0.778. The zero-order valence-corrected chi connectivity index (χ0v) is 12.5. The van der Waals surface area contributed by atoms with Gasteiger partial charge in [-0.1, -0.05) is 34.5 Å². The van der Waals surface area contributed by atoms with E-state index in [1.807, 2.05) is 0 Å². The van der Waals surface area contributed by atoms with Crippen LogP contribution in [0.5, 0.6) is 0 Å². The lowest BCUT2D eigenvalue weighted by Gasteiger charge is -2.05. The molecule has 0 bridgehead atoms. The van der Waals surface area contributed by atoms with Gasteiger partial charge in [0.2, 0.25) is 4.96 Å². The Labute approximate surface area is 132 Å². The molecule has 0 saturated carbocycles. The Bertz CT molecular complexity index is 906. The lowest BCUT2D eigenvalue weighted by atomic mass is 10.3. The summed E-state index contributed by atoms with van der Waals surface area (Å²) in [6, 6.07) is 4.76. The van der Waals surface area contributed by atoms with E-state index >= 15 is 0 Å². The lowest BCUT2D eigenvalue weighted by molar-refractivity contribution is 0.103. The first-order valence-electron chi connectivity index (χ1n) is 5.65. The molecule has 0 aliphatic carbocycles. The molecule has 0 spiro atoms. The minimum Gasteiger partial charge on any atom is -0.320 e. The number of benzene rings is 1. The highest BCUT2D eigenvalue weighted by molar-refractivity contribution is 7.18. The molecule has 0 aliphatic rings. The first-order valence-corrected chi connectivity index (χ1v) is 7.22. The lowest BCUT2D eigenvalue weighted by Crippen LogP contribution is -2.10. The van der Waals surface area contributed by atoms with E-state index in [2.05, 4.69) is 15.4 Å². The standard InChI is InChI=1S/C12H6Cl2N4O2S/c13-6-1-2-7(14)8(3-6)16-11(20)9-5-18-12(21-9)17-10(19)4-15-18/h1-5H,(H,16,20). The number of carbonyl (C=O) groups is 1. The Morgan fingerprint density at radius 1 is 1.33 bits per heavy atom. The monoisotopic (exact) mass is 340 g/mol. The van der Waals surface area contributed by atoms with Gasteiger partial charge < -0.3 is 5.32 Å². The van der Waals surface area contributed by atoms with Crippen molar-refractivity contribution in [1.29, 1.82) is 0 Å². The van der Waals surface area contributed by atoms with Crippen molar-refractivity contribution >= 4 is 51.1 Å². The molecule has 1 aromatic carbocycles. The molecular formula is C12H6Cl2N4O2S. The number of amides is 1. The van der Waals surface area contributed by atoms with Gasteiger partial charge in [-0.3, -0.25) is 9.59 Å². The summed E-state index contributed by atoms with van der Waals surface area (Å²) in [4.78, 5) is 27.7. The van der Waals surface area contributed by atoms with Crippen LogP contribution in [0.2, 0.25) is 10.0 Å². The first-order chi connectivity index (χ1) is 10.0. The minimum atomic E-state index is -0.457. The van der Waals surface area contributed by atoms with Crippen molar-refractivity contribution in [2.45, 2.75) is 0 Å². The largest absolute Gasteiger partial charge is 0.320 e. The van der Waals surface area contributed by atoms with Crippen LogP contribution in [0.3, 0.4) is 0 Å². The summed E-state index contributed by atoms with van der Waals surface area (Å²) in [5.74, 6) is -0.385. The highest BCUT2D eigenvalue weighted by Crippen LogP contribution is 2.26. The second kappa shape index (κ2) is 5.44. The molecule has 21 heavy (non-hydrogen) atoms. The smallest absolute Gasteiger partial charge is 0.292 e. The SMILES string of the molecule is O=C(Nc1cc(Cl)ccc1Cl)c1cn2ncc(=O)nc2s1. The number of aromatic nitrogens is 3. The van der Waals surface area contributed by atoms with Gasteiger partial charge in [-0.05, 0) is 18.2 Å². The average molecular weight is 341 g/mol. The summed E-state index contributed by atoms with van der Waals surface area (Å²) < 4.78 is 1.36. The first kappa shape index (κ1) is 14.0. The molecule has 1 N–H and O–H groups in total. The van der Waals surface area contributed by atoms with Gasteiger partial charge in [-0.15, -0.1) is 0 Å². The normalized spacial score (nSPS) is 10.8. The van der Waals surface area contributed by atoms with Gasteiger partial charge in [0, 0.05) is 5.02 Å². The van der Waals surface area contributed by atoms with E-state index in [1.54, 1.807) is 18.2 Å². The molecule has 0 fully saturated rings. The Hall–Kier alpha value is -1.96. The van der Waals surface area contributed by atoms with Crippen molar-refractivity contribution in [3.05, 3.63) is 55.9 Å². The van der Waals surface area contributed by atoms with Crippen LogP contribution in [0.4, 0.5) is 5.69 Å². The van der Waals surface area contributed by atoms with Crippen LogP contribution in [0, 0.1) is 0 Å². The number of rotatable bonds is 2. The van der Waals surface area contributed by atoms with Gasteiger partial charge in [0.25, 0.3) is 11.5 Å². The fraction of sp³-hybridized carbons (Fsp3) is 0. The van der Waals surface area contributed by atoms with Crippen LogP contribution >= 0.6 is 34.5 Å². The van der Waals surface area contributed by atoms with E-state index < -0.39 is 5.56 Å². The predicted molar refractivity (Wildman–Crippen MR) is 81.5 cm³/mol. The maximum absolute atomic E-state index is 12.2. The van der Waals surface area contributed by atoms with Crippen molar-refractivity contribution in [3.8, 4) is 0 Å². The molecule has 2 heterocycles. The summed E-state index contributed by atoms with van der Waals surface area (Å²) in [5, 5.41) is 7.33. The van der Waals surface area contributed by atoms with Crippen LogP contribution in [0.1, 0.15) is 9.67 Å². The van der Waals surface area contributed by atoms with Gasteiger partial charge in [0.1, 0.15) is 11.1 Å². The average Bonchev–Trinajstić information content (AvgIpc) is 2.86. The van der Waals surface area contributed by atoms with Gasteiger partial charge in [0.05, 0.1) is 16.9 Å². The highest BCUT2D eigenvalue weighted by atomic mass is 35.5. The predicted octanol–water partition coefficient (Wildman–Crippen LogP) is 2.71. The molecular weight excluding hydrogens is 335 g/mol. The number of nitrogens with zero attached hydrogens (tertiary/aromatic N) is 3. The molecule has 3 aromatic rings. The van der Waals surface area contributed by atoms with Gasteiger partial charge in [-0.2, -0.15) is 10.1 Å². The Balaban J connectivity index is 1.93. The van der Waals surface area contributed by atoms with E-state index in [9.17, 15) is 9.59 Å². The molecule has 2 aromatic heterocycles. The van der Waals surface area contributed by atoms with Crippen LogP contribution < -0.4 is 10.9 Å². The van der Waals surface area contributed by atoms with Gasteiger partial charge >= 0.3 is 0 Å². The molecule has 0 radical (unpaired) electrons. The summed E-state index contributed by atoms with van der Waals surface area (Å²) in [6.45, 7) is 0. The van der Waals surface area contributed by atoms with E-state index in [0.717, 1.165) is 17.5 Å². The van der Waals surface area contributed by atoms with E-state index in [1.165, 1.54) is 10.7 Å². The molecule has 0 aliphatic heterocycles. The molecule has 0 unspecified atom stereocenters. The summed E-state index contributed by atoms with van der Waals surface area (Å²) >= 11 is 12.9. The molecule has 3 rings (SSSR count). The van der Waals surface area contributed by atoms with Crippen molar-refractivity contribution in [3.63, 3.8) is 0 Å². The fourth-order valence-electron chi connectivity index (χ4n) is 1.61. The molecule has 6 nitrogen and oxygen atoms in total. The van der Waals surface area contributed by atoms with Crippen LogP contribution in [0.25, 0.3) is 4.96 Å². The Morgan fingerprint density at radius 3 is 2.95 bits per heavy atom. The van der Waals surface area contributed by atoms with Crippen molar-refractivity contribution in [2.24, 2.45) is 0 Å². The number of halogens is 2. The molecule has 9 heteroatoms. The Kier molecular flexibility index (Phi) is 3.62. The summed E-state index contributed by atoms with van der Waals surface area (Å²) in [7, 11) is 0.